The lowest BCUT2D eigenvalue weighted by atomic mass is 10.1. The summed E-state index contributed by atoms with van der Waals surface area (Å²) >= 11 is 0. The Bertz CT molecular complexity index is 521. The molecule has 0 saturated heterocycles. The number of hydrogen-bond acceptors (Lipinski definition) is 3. The first-order chi connectivity index (χ1) is 9.61. The van der Waals surface area contributed by atoms with Crippen LogP contribution in [0.15, 0.2) is 30.3 Å². The SMILES string of the molecule is CCCCC(c1ccccc1)S(=O)(=O)NCCCC#N. The second kappa shape index (κ2) is 8.72. The highest BCUT2D eigenvalue weighted by molar-refractivity contribution is 7.89. The van der Waals surface area contributed by atoms with Gasteiger partial charge in [0.25, 0.3) is 0 Å². The van der Waals surface area contributed by atoms with Crippen LogP contribution < -0.4 is 4.72 Å². The molecule has 0 heterocycles. The zero-order valence-electron chi connectivity index (χ0n) is 11.9. The first kappa shape index (κ1) is 16.7. The third-order valence-electron chi connectivity index (χ3n) is 3.13. The minimum Gasteiger partial charge on any atom is -0.215 e. The summed E-state index contributed by atoms with van der Waals surface area (Å²) in [6.45, 7) is 2.38. The van der Waals surface area contributed by atoms with Gasteiger partial charge >= 0.3 is 0 Å². The number of sulfonamides is 1. The van der Waals surface area contributed by atoms with Crippen molar-refractivity contribution in [2.75, 3.05) is 6.54 Å². The Labute approximate surface area is 121 Å². The van der Waals surface area contributed by atoms with E-state index in [4.69, 9.17) is 5.26 Å². The highest BCUT2D eigenvalue weighted by atomic mass is 32.2. The molecule has 1 atom stereocenters. The zero-order chi connectivity index (χ0) is 14.8. The van der Waals surface area contributed by atoms with Crippen LogP contribution >= 0.6 is 0 Å². The lowest BCUT2D eigenvalue weighted by Crippen LogP contribution is -2.30. The van der Waals surface area contributed by atoms with Gasteiger partial charge < -0.3 is 0 Å². The van der Waals surface area contributed by atoms with Gasteiger partial charge in [-0.3, -0.25) is 0 Å². The lowest BCUT2D eigenvalue weighted by molar-refractivity contribution is 0.553. The number of unbranched alkanes of at least 4 members (excludes halogenated alkanes) is 2. The molecule has 1 aromatic carbocycles. The summed E-state index contributed by atoms with van der Waals surface area (Å²) in [7, 11) is -3.39. The van der Waals surface area contributed by atoms with Gasteiger partial charge in [-0.25, -0.2) is 13.1 Å². The fraction of sp³-hybridized carbons (Fsp3) is 0.533. The smallest absolute Gasteiger partial charge is 0.215 e. The van der Waals surface area contributed by atoms with Crippen molar-refractivity contribution in [3.63, 3.8) is 0 Å². The largest absolute Gasteiger partial charge is 0.218 e. The molecule has 1 N–H and O–H groups in total. The van der Waals surface area contributed by atoms with Crippen LogP contribution in [0, 0.1) is 11.3 Å². The number of nitrogens with zero attached hydrogens (tertiary/aromatic N) is 1. The quantitative estimate of drug-likeness (QED) is 0.711. The molecule has 0 aromatic heterocycles. The van der Waals surface area contributed by atoms with Crippen molar-refractivity contribution in [1.29, 1.82) is 5.26 Å². The van der Waals surface area contributed by atoms with E-state index in [9.17, 15) is 8.42 Å². The molecule has 0 spiro atoms. The molecule has 20 heavy (non-hydrogen) atoms. The van der Waals surface area contributed by atoms with Crippen molar-refractivity contribution in [1.82, 2.24) is 4.72 Å². The normalized spacial score (nSPS) is 12.8. The third kappa shape index (κ3) is 5.32. The molecule has 0 radical (unpaired) electrons. The number of nitriles is 1. The molecule has 5 heteroatoms. The molecular formula is C15H22N2O2S. The van der Waals surface area contributed by atoms with E-state index in [1.165, 1.54) is 0 Å². The molecule has 0 aliphatic rings. The second-order valence-corrected chi connectivity index (χ2v) is 6.69. The monoisotopic (exact) mass is 294 g/mol. The summed E-state index contributed by atoms with van der Waals surface area (Å²) in [4.78, 5) is 0. The zero-order valence-corrected chi connectivity index (χ0v) is 12.7. The molecule has 1 unspecified atom stereocenters. The van der Waals surface area contributed by atoms with Crippen LogP contribution in [0.1, 0.15) is 49.8 Å². The lowest BCUT2D eigenvalue weighted by Gasteiger charge is -2.18. The van der Waals surface area contributed by atoms with Gasteiger partial charge in [-0.15, -0.1) is 0 Å². The molecule has 0 amide bonds. The van der Waals surface area contributed by atoms with E-state index < -0.39 is 15.3 Å². The summed E-state index contributed by atoms with van der Waals surface area (Å²) < 4.78 is 27.4. The first-order valence-electron chi connectivity index (χ1n) is 7.02. The second-order valence-electron chi connectivity index (χ2n) is 4.74. The maximum absolute atomic E-state index is 12.4. The van der Waals surface area contributed by atoms with E-state index in [1.54, 1.807) is 0 Å². The molecule has 4 nitrogen and oxygen atoms in total. The van der Waals surface area contributed by atoms with Crippen LogP contribution in [-0.4, -0.2) is 15.0 Å². The average Bonchev–Trinajstić information content (AvgIpc) is 2.45. The molecule has 1 aromatic rings. The molecule has 0 aliphatic carbocycles. The van der Waals surface area contributed by atoms with Gasteiger partial charge in [0.1, 0.15) is 5.25 Å². The van der Waals surface area contributed by atoms with Crippen LogP contribution in [0.3, 0.4) is 0 Å². The Balaban J connectivity index is 2.79. The Morgan fingerprint density at radius 1 is 1.25 bits per heavy atom. The Morgan fingerprint density at radius 3 is 2.55 bits per heavy atom. The maximum atomic E-state index is 12.4. The van der Waals surface area contributed by atoms with Crippen molar-refractivity contribution < 1.29 is 8.42 Å². The summed E-state index contributed by atoms with van der Waals surface area (Å²) in [5.74, 6) is 0. The Hall–Kier alpha value is -1.38. The van der Waals surface area contributed by atoms with Crippen molar-refractivity contribution in [3.8, 4) is 6.07 Å². The van der Waals surface area contributed by atoms with E-state index in [0.29, 0.717) is 25.8 Å². The minimum atomic E-state index is -3.39. The summed E-state index contributed by atoms with van der Waals surface area (Å²) in [6, 6.07) is 11.3. The van der Waals surface area contributed by atoms with Crippen LogP contribution in [-0.2, 0) is 10.0 Å². The van der Waals surface area contributed by atoms with Crippen molar-refractivity contribution in [2.24, 2.45) is 0 Å². The predicted molar refractivity (Wildman–Crippen MR) is 80.5 cm³/mol. The number of rotatable bonds is 9. The fourth-order valence-electron chi connectivity index (χ4n) is 2.04. The molecule has 0 aliphatic heterocycles. The van der Waals surface area contributed by atoms with Crippen molar-refractivity contribution in [2.45, 2.75) is 44.3 Å². The average molecular weight is 294 g/mol. The van der Waals surface area contributed by atoms with Gasteiger partial charge in [-0.2, -0.15) is 5.26 Å². The number of hydrogen-bond donors (Lipinski definition) is 1. The van der Waals surface area contributed by atoms with Gasteiger partial charge in [0.15, 0.2) is 0 Å². The van der Waals surface area contributed by atoms with Gasteiger partial charge in [0.05, 0.1) is 6.07 Å². The molecule has 0 bridgehead atoms. The summed E-state index contributed by atoms with van der Waals surface area (Å²) in [5, 5.41) is 7.96. The van der Waals surface area contributed by atoms with Crippen LogP contribution in [0.4, 0.5) is 0 Å². The topological polar surface area (TPSA) is 70.0 Å². The van der Waals surface area contributed by atoms with E-state index in [-0.39, 0.29) is 0 Å². The van der Waals surface area contributed by atoms with E-state index in [0.717, 1.165) is 18.4 Å². The fourth-order valence-corrected chi connectivity index (χ4v) is 3.66. The van der Waals surface area contributed by atoms with Gasteiger partial charge in [-0.05, 0) is 18.4 Å². The minimum absolute atomic E-state index is 0.325. The molecule has 110 valence electrons. The number of nitrogens with one attached hydrogen (secondary N) is 1. The molecule has 1 rings (SSSR count). The Kier molecular flexibility index (Phi) is 7.27. The maximum Gasteiger partial charge on any atom is 0.218 e. The van der Waals surface area contributed by atoms with Crippen LogP contribution in [0.5, 0.6) is 0 Å². The first-order valence-corrected chi connectivity index (χ1v) is 8.56. The van der Waals surface area contributed by atoms with Gasteiger partial charge in [0.2, 0.25) is 10.0 Å². The van der Waals surface area contributed by atoms with E-state index >= 15 is 0 Å². The molecule has 0 fully saturated rings. The highest BCUT2D eigenvalue weighted by Gasteiger charge is 2.25. The molecular weight excluding hydrogens is 272 g/mol. The molecule has 0 saturated carbocycles. The van der Waals surface area contributed by atoms with Gasteiger partial charge in [0, 0.05) is 13.0 Å². The van der Waals surface area contributed by atoms with Crippen molar-refractivity contribution >= 4 is 10.0 Å². The predicted octanol–water partition coefficient (Wildman–Crippen LogP) is 3.14. The summed E-state index contributed by atoms with van der Waals surface area (Å²) in [6.07, 6.45) is 3.37. The summed E-state index contributed by atoms with van der Waals surface area (Å²) in [5.41, 5.74) is 0.828. The Morgan fingerprint density at radius 2 is 1.95 bits per heavy atom. The van der Waals surface area contributed by atoms with Crippen LogP contribution in [0.2, 0.25) is 0 Å². The van der Waals surface area contributed by atoms with Crippen molar-refractivity contribution in [3.05, 3.63) is 35.9 Å². The van der Waals surface area contributed by atoms with Gasteiger partial charge in [-0.1, -0.05) is 50.1 Å². The standard InChI is InChI=1S/C15H22N2O2S/c1-2-3-11-15(14-9-5-4-6-10-14)20(18,19)17-13-8-7-12-16/h4-6,9-10,15,17H,2-3,7-8,11,13H2,1H3. The van der Waals surface area contributed by atoms with E-state index in [2.05, 4.69) is 11.6 Å². The van der Waals surface area contributed by atoms with E-state index in [1.807, 2.05) is 36.4 Å². The van der Waals surface area contributed by atoms with Crippen LogP contribution in [0.25, 0.3) is 0 Å². The third-order valence-corrected chi connectivity index (χ3v) is 5.00. The number of benzene rings is 1. The highest BCUT2D eigenvalue weighted by Crippen LogP contribution is 2.27.